The van der Waals surface area contributed by atoms with E-state index in [1.807, 2.05) is 24.3 Å². The fourth-order valence-corrected chi connectivity index (χ4v) is 2.33. The van der Waals surface area contributed by atoms with Crippen LogP contribution in [0, 0.1) is 10.1 Å². The van der Waals surface area contributed by atoms with Gasteiger partial charge in [0.1, 0.15) is 5.75 Å². The molecule has 6 nitrogen and oxygen atoms in total. The zero-order valence-electron chi connectivity index (χ0n) is 12.7. The van der Waals surface area contributed by atoms with Gasteiger partial charge < -0.3 is 9.64 Å². The van der Waals surface area contributed by atoms with Gasteiger partial charge in [0.25, 0.3) is 11.6 Å². The molecule has 0 atom stereocenters. The van der Waals surface area contributed by atoms with Gasteiger partial charge in [-0.1, -0.05) is 23.7 Å². The van der Waals surface area contributed by atoms with Crippen molar-refractivity contribution in [3.63, 3.8) is 0 Å². The number of rotatable bonds is 5. The summed E-state index contributed by atoms with van der Waals surface area (Å²) < 4.78 is 5.08. The van der Waals surface area contributed by atoms with E-state index in [4.69, 9.17) is 16.3 Å². The minimum Gasteiger partial charge on any atom is -0.497 e. The molecule has 120 valence electrons. The van der Waals surface area contributed by atoms with Crippen molar-refractivity contribution in [3.05, 3.63) is 68.7 Å². The lowest BCUT2D eigenvalue weighted by molar-refractivity contribution is -0.384. The lowest BCUT2D eigenvalue weighted by Crippen LogP contribution is -2.26. The maximum absolute atomic E-state index is 12.4. The first-order chi connectivity index (χ1) is 10.9. The number of carbonyl (C=O) groups is 1. The Hall–Kier alpha value is -2.60. The van der Waals surface area contributed by atoms with E-state index in [-0.39, 0.29) is 22.2 Å². The molecule has 0 bridgehead atoms. The minimum absolute atomic E-state index is 0.0609. The molecule has 2 aromatic carbocycles. The van der Waals surface area contributed by atoms with Crippen molar-refractivity contribution in [2.45, 2.75) is 6.54 Å². The molecule has 0 N–H and O–H groups in total. The van der Waals surface area contributed by atoms with Crippen LogP contribution in [0.15, 0.2) is 42.5 Å². The van der Waals surface area contributed by atoms with Gasteiger partial charge >= 0.3 is 0 Å². The molecule has 2 rings (SSSR count). The molecule has 0 radical (unpaired) electrons. The van der Waals surface area contributed by atoms with Gasteiger partial charge in [-0.3, -0.25) is 14.9 Å². The average Bonchev–Trinajstić information content (AvgIpc) is 2.54. The van der Waals surface area contributed by atoms with Crippen molar-refractivity contribution in [3.8, 4) is 5.75 Å². The second-order valence-electron chi connectivity index (χ2n) is 4.93. The third-order valence-electron chi connectivity index (χ3n) is 3.32. The van der Waals surface area contributed by atoms with Crippen LogP contribution in [0.25, 0.3) is 0 Å². The van der Waals surface area contributed by atoms with Gasteiger partial charge in [-0.25, -0.2) is 0 Å². The normalized spacial score (nSPS) is 10.2. The van der Waals surface area contributed by atoms with Crippen LogP contribution in [0.4, 0.5) is 5.69 Å². The number of nitro benzene ring substituents is 1. The van der Waals surface area contributed by atoms with Crippen molar-refractivity contribution in [1.29, 1.82) is 0 Å². The maximum Gasteiger partial charge on any atom is 0.270 e. The second kappa shape index (κ2) is 7.11. The Balaban J connectivity index is 2.14. The summed E-state index contributed by atoms with van der Waals surface area (Å²) in [6.07, 6.45) is 0. The van der Waals surface area contributed by atoms with Crippen LogP contribution in [0.1, 0.15) is 15.9 Å². The quantitative estimate of drug-likeness (QED) is 0.619. The van der Waals surface area contributed by atoms with Gasteiger partial charge in [0.2, 0.25) is 0 Å². The summed E-state index contributed by atoms with van der Waals surface area (Å²) in [7, 11) is 3.23. The fraction of sp³-hybridized carbons (Fsp3) is 0.188. The van der Waals surface area contributed by atoms with E-state index in [2.05, 4.69) is 0 Å². The Morgan fingerprint density at radius 2 is 1.91 bits per heavy atom. The van der Waals surface area contributed by atoms with Crippen LogP contribution in [0.3, 0.4) is 0 Å². The van der Waals surface area contributed by atoms with Crippen LogP contribution in [0.2, 0.25) is 5.02 Å². The summed E-state index contributed by atoms with van der Waals surface area (Å²) >= 11 is 5.99. The van der Waals surface area contributed by atoms with Gasteiger partial charge in [-0.05, 0) is 23.8 Å². The van der Waals surface area contributed by atoms with E-state index in [1.54, 1.807) is 14.2 Å². The molecule has 2 aromatic rings. The van der Waals surface area contributed by atoms with Crippen molar-refractivity contribution in [2.24, 2.45) is 0 Å². The van der Waals surface area contributed by atoms with Gasteiger partial charge in [-0.2, -0.15) is 0 Å². The number of carbonyl (C=O) groups excluding carboxylic acids is 1. The fourth-order valence-electron chi connectivity index (χ4n) is 2.07. The highest BCUT2D eigenvalue weighted by Crippen LogP contribution is 2.24. The maximum atomic E-state index is 12.4. The van der Waals surface area contributed by atoms with Gasteiger partial charge in [0.15, 0.2) is 0 Å². The van der Waals surface area contributed by atoms with Gasteiger partial charge in [-0.15, -0.1) is 0 Å². The van der Waals surface area contributed by atoms with E-state index in [1.165, 1.54) is 23.1 Å². The van der Waals surface area contributed by atoms with Crippen molar-refractivity contribution < 1.29 is 14.5 Å². The molecule has 23 heavy (non-hydrogen) atoms. The van der Waals surface area contributed by atoms with Crippen molar-refractivity contribution in [2.75, 3.05) is 14.2 Å². The molecule has 0 aliphatic rings. The zero-order valence-corrected chi connectivity index (χ0v) is 13.4. The number of nitro groups is 1. The number of hydrogen-bond donors (Lipinski definition) is 0. The Morgan fingerprint density at radius 1 is 1.26 bits per heavy atom. The number of hydrogen-bond acceptors (Lipinski definition) is 4. The summed E-state index contributed by atoms with van der Waals surface area (Å²) in [6.45, 7) is 0.385. The highest BCUT2D eigenvalue weighted by Gasteiger charge is 2.18. The number of halogens is 1. The van der Waals surface area contributed by atoms with E-state index >= 15 is 0 Å². The highest BCUT2D eigenvalue weighted by molar-refractivity contribution is 6.34. The van der Waals surface area contributed by atoms with E-state index in [0.29, 0.717) is 6.54 Å². The van der Waals surface area contributed by atoms with Gasteiger partial charge in [0.05, 0.1) is 22.6 Å². The number of amides is 1. The highest BCUT2D eigenvalue weighted by atomic mass is 35.5. The predicted molar refractivity (Wildman–Crippen MR) is 86.9 cm³/mol. The first-order valence-electron chi connectivity index (χ1n) is 6.74. The number of nitrogens with zero attached hydrogens (tertiary/aromatic N) is 2. The molecule has 1 amide bonds. The third kappa shape index (κ3) is 3.98. The molecule has 0 fully saturated rings. The van der Waals surface area contributed by atoms with Crippen LogP contribution in [-0.2, 0) is 6.54 Å². The molecule has 0 aliphatic heterocycles. The molecule has 0 spiro atoms. The van der Waals surface area contributed by atoms with E-state index < -0.39 is 4.92 Å². The number of ether oxygens (including phenoxy) is 1. The topological polar surface area (TPSA) is 72.7 Å². The van der Waals surface area contributed by atoms with Crippen LogP contribution >= 0.6 is 11.6 Å². The molecule has 7 heteroatoms. The molecule has 0 aromatic heterocycles. The average molecular weight is 335 g/mol. The number of methoxy groups -OCH3 is 1. The van der Waals surface area contributed by atoms with Gasteiger partial charge in [0, 0.05) is 25.7 Å². The Kier molecular flexibility index (Phi) is 5.18. The summed E-state index contributed by atoms with van der Waals surface area (Å²) in [6, 6.07) is 11.2. The molecule has 0 saturated heterocycles. The first-order valence-corrected chi connectivity index (χ1v) is 7.12. The lowest BCUT2D eigenvalue weighted by Gasteiger charge is -2.18. The van der Waals surface area contributed by atoms with Crippen molar-refractivity contribution >= 4 is 23.2 Å². The largest absolute Gasteiger partial charge is 0.497 e. The predicted octanol–water partition coefficient (Wildman–Crippen LogP) is 3.53. The first kappa shape index (κ1) is 16.8. The van der Waals surface area contributed by atoms with Crippen LogP contribution < -0.4 is 4.74 Å². The van der Waals surface area contributed by atoms with Crippen LogP contribution in [0.5, 0.6) is 5.75 Å². The van der Waals surface area contributed by atoms with Crippen molar-refractivity contribution in [1.82, 2.24) is 4.90 Å². The van der Waals surface area contributed by atoms with E-state index in [9.17, 15) is 14.9 Å². The van der Waals surface area contributed by atoms with E-state index in [0.717, 1.165) is 11.3 Å². The second-order valence-corrected chi connectivity index (χ2v) is 5.34. The number of non-ortho nitro benzene ring substituents is 1. The third-order valence-corrected chi connectivity index (χ3v) is 3.63. The Morgan fingerprint density at radius 3 is 2.43 bits per heavy atom. The summed E-state index contributed by atoms with van der Waals surface area (Å²) in [5.41, 5.74) is 1.01. The number of benzene rings is 2. The summed E-state index contributed by atoms with van der Waals surface area (Å²) in [5, 5.41) is 10.8. The molecular weight excluding hydrogens is 320 g/mol. The standard InChI is InChI=1S/C16H15ClN2O4/c1-18(10-11-3-6-13(23-2)7-4-11)16(20)14-8-5-12(19(21)22)9-15(14)17/h3-9H,10H2,1-2H3. The Bertz CT molecular complexity index is 731. The zero-order chi connectivity index (χ0) is 17.0. The lowest BCUT2D eigenvalue weighted by atomic mass is 10.1. The molecule has 0 unspecified atom stereocenters. The Labute approximate surface area is 138 Å². The molecule has 0 saturated carbocycles. The smallest absolute Gasteiger partial charge is 0.270 e. The SMILES string of the molecule is COc1ccc(CN(C)C(=O)c2ccc([N+](=O)[O-])cc2Cl)cc1. The minimum atomic E-state index is -0.554. The summed E-state index contributed by atoms with van der Waals surface area (Å²) in [4.78, 5) is 24.1. The molecular formula is C16H15ClN2O4. The summed E-state index contributed by atoms with van der Waals surface area (Å²) in [5.74, 6) is 0.432. The monoisotopic (exact) mass is 334 g/mol. The molecule has 0 aliphatic carbocycles. The molecule has 0 heterocycles. The van der Waals surface area contributed by atoms with Crippen LogP contribution in [-0.4, -0.2) is 29.9 Å².